The molecule has 0 radical (unpaired) electrons. The smallest absolute Gasteiger partial charge is 0.339 e. The molecule has 0 fully saturated rings. The number of ether oxygens (including phenoxy) is 2. The van der Waals surface area contributed by atoms with E-state index >= 15 is 0 Å². The number of Topliss-reactive ketones (excluding diaryl/α,β-unsaturated/α-hetero) is 1. The van der Waals surface area contributed by atoms with E-state index in [1.54, 1.807) is 18.2 Å². The molecule has 3 aromatic carbocycles. The predicted molar refractivity (Wildman–Crippen MR) is 111 cm³/mol. The zero-order chi connectivity index (χ0) is 22.0. The van der Waals surface area contributed by atoms with Crippen LogP contribution in [0.3, 0.4) is 0 Å². The fourth-order valence-electron chi connectivity index (χ4n) is 3.02. The Morgan fingerprint density at radius 1 is 1.03 bits per heavy atom. The van der Waals surface area contributed by atoms with Crippen LogP contribution in [0, 0.1) is 5.82 Å². The third-order valence-electron chi connectivity index (χ3n) is 4.46. The van der Waals surface area contributed by atoms with Gasteiger partial charge in [0, 0.05) is 11.6 Å². The Kier molecular flexibility index (Phi) is 5.48. The zero-order valence-corrected chi connectivity index (χ0v) is 17.2. The first-order valence-electron chi connectivity index (χ1n) is 9.37. The van der Waals surface area contributed by atoms with Crippen molar-refractivity contribution < 1.29 is 31.3 Å². The van der Waals surface area contributed by atoms with E-state index in [0.29, 0.717) is 17.9 Å². The van der Waals surface area contributed by atoms with Gasteiger partial charge >= 0.3 is 10.1 Å². The average molecular weight is 440 g/mol. The molecular weight excluding hydrogens is 423 g/mol. The maximum atomic E-state index is 13.1. The normalized spacial score (nSPS) is 14.3. The van der Waals surface area contributed by atoms with E-state index in [4.69, 9.17) is 13.7 Å². The topological polar surface area (TPSA) is 78.9 Å². The summed E-state index contributed by atoms with van der Waals surface area (Å²) in [6.07, 6.45) is 1.57. The standard InChI is InChI=1S/C23H17FO6S/c1-2-28-20-6-4-3-5-15(20)13-22-23(25)19-12-9-17(14-21(19)29-22)30-31(26,27)18-10-7-16(24)8-11-18/h3-14H,2H2,1H3/b22-13-. The highest BCUT2D eigenvalue weighted by atomic mass is 32.2. The zero-order valence-electron chi connectivity index (χ0n) is 16.4. The lowest BCUT2D eigenvalue weighted by Gasteiger charge is -2.08. The van der Waals surface area contributed by atoms with Crippen molar-refractivity contribution in [2.75, 3.05) is 6.61 Å². The number of halogens is 1. The summed E-state index contributed by atoms with van der Waals surface area (Å²) in [6.45, 7) is 2.33. The Balaban J connectivity index is 1.60. The van der Waals surface area contributed by atoms with Gasteiger partial charge in [-0.25, -0.2) is 4.39 Å². The summed E-state index contributed by atoms with van der Waals surface area (Å²) in [4.78, 5) is 12.5. The van der Waals surface area contributed by atoms with Crippen molar-refractivity contribution in [2.24, 2.45) is 0 Å². The van der Waals surface area contributed by atoms with Crippen LogP contribution < -0.4 is 13.7 Å². The molecule has 1 heterocycles. The van der Waals surface area contributed by atoms with Crippen LogP contribution in [0.5, 0.6) is 17.2 Å². The lowest BCUT2D eigenvalue weighted by Crippen LogP contribution is -2.09. The van der Waals surface area contributed by atoms with Gasteiger partial charge in [-0.2, -0.15) is 8.42 Å². The Morgan fingerprint density at radius 2 is 1.77 bits per heavy atom. The Bertz CT molecular complexity index is 1280. The molecule has 1 aliphatic rings. The van der Waals surface area contributed by atoms with Gasteiger partial charge in [0.1, 0.15) is 28.0 Å². The molecule has 1 aliphatic heterocycles. The van der Waals surface area contributed by atoms with Crippen molar-refractivity contribution in [3.8, 4) is 17.2 Å². The van der Waals surface area contributed by atoms with Gasteiger partial charge < -0.3 is 13.7 Å². The SMILES string of the molecule is CCOc1ccccc1/C=C1\Oc2cc(OS(=O)(=O)c3ccc(F)cc3)ccc2C1=O. The van der Waals surface area contributed by atoms with Crippen LogP contribution in [0.2, 0.25) is 0 Å². The van der Waals surface area contributed by atoms with E-state index in [2.05, 4.69) is 0 Å². The van der Waals surface area contributed by atoms with Crippen molar-refractivity contribution in [2.45, 2.75) is 11.8 Å². The third kappa shape index (κ3) is 4.29. The second kappa shape index (κ2) is 8.23. The minimum Gasteiger partial charge on any atom is -0.493 e. The number of rotatable bonds is 6. The van der Waals surface area contributed by atoms with Gasteiger partial charge in [-0.1, -0.05) is 18.2 Å². The number of ketones is 1. The van der Waals surface area contributed by atoms with Gasteiger partial charge in [-0.15, -0.1) is 0 Å². The Morgan fingerprint density at radius 3 is 2.52 bits per heavy atom. The van der Waals surface area contributed by atoms with Gasteiger partial charge in [-0.05, 0) is 55.5 Å². The highest BCUT2D eigenvalue weighted by Crippen LogP contribution is 2.36. The number of hydrogen-bond donors (Lipinski definition) is 0. The van der Waals surface area contributed by atoms with Gasteiger partial charge in [0.25, 0.3) is 0 Å². The fraction of sp³-hybridized carbons (Fsp3) is 0.0870. The third-order valence-corrected chi connectivity index (χ3v) is 5.72. The first kappa shape index (κ1) is 20.6. The molecule has 0 aromatic heterocycles. The lowest BCUT2D eigenvalue weighted by atomic mass is 10.1. The van der Waals surface area contributed by atoms with E-state index in [9.17, 15) is 17.6 Å². The first-order valence-corrected chi connectivity index (χ1v) is 10.8. The highest BCUT2D eigenvalue weighted by Gasteiger charge is 2.29. The van der Waals surface area contributed by atoms with Crippen LogP contribution in [0.25, 0.3) is 6.08 Å². The minimum atomic E-state index is -4.17. The molecule has 0 bridgehead atoms. The maximum absolute atomic E-state index is 13.1. The minimum absolute atomic E-state index is 0.0353. The molecule has 8 heteroatoms. The van der Waals surface area contributed by atoms with Crippen molar-refractivity contribution in [1.82, 2.24) is 0 Å². The molecular formula is C23H17FO6S. The molecule has 6 nitrogen and oxygen atoms in total. The van der Waals surface area contributed by atoms with Gasteiger partial charge in [0.15, 0.2) is 5.76 Å². The fourth-order valence-corrected chi connectivity index (χ4v) is 3.95. The molecule has 0 unspecified atom stereocenters. The van der Waals surface area contributed by atoms with Gasteiger partial charge in [0.05, 0.1) is 12.2 Å². The molecule has 31 heavy (non-hydrogen) atoms. The summed E-state index contributed by atoms with van der Waals surface area (Å²) in [5.41, 5.74) is 0.961. The summed E-state index contributed by atoms with van der Waals surface area (Å²) >= 11 is 0. The van der Waals surface area contributed by atoms with Crippen molar-refractivity contribution in [3.05, 3.63) is 89.4 Å². The summed E-state index contributed by atoms with van der Waals surface area (Å²) in [7, 11) is -4.17. The molecule has 0 amide bonds. The molecule has 0 spiro atoms. The summed E-state index contributed by atoms with van der Waals surface area (Å²) in [6, 6.07) is 15.6. The molecule has 0 aliphatic carbocycles. The number of para-hydroxylation sites is 1. The largest absolute Gasteiger partial charge is 0.493 e. The van der Waals surface area contributed by atoms with Crippen molar-refractivity contribution in [3.63, 3.8) is 0 Å². The molecule has 0 N–H and O–H groups in total. The number of carbonyl (C=O) groups excluding carboxylic acids is 1. The van der Waals surface area contributed by atoms with Crippen LogP contribution in [0.4, 0.5) is 4.39 Å². The van der Waals surface area contributed by atoms with Crippen molar-refractivity contribution >= 4 is 22.0 Å². The summed E-state index contributed by atoms with van der Waals surface area (Å²) in [5.74, 6) is -0.0633. The van der Waals surface area contributed by atoms with E-state index in [0.717, 1.165) is 24.3 Å². The van der Waals surface area contributed by atoms with Crippen LogP contribution in [-0.2, 0) is 10.1 Å². The van der Waals surface area contributed by atoms with Crippen LogP contribution in [0.15, 0.2) is 77.4 Å². The monoisotopic (exact) mass is 440 g/mol. The van der Waals surface area contributed by atoms with Crippen LogP contribution in [-0.4, -0.2) is 20.8 Å². The number of allylic oxidation sites excluding steroid dienone is 1. The number of carbonyl (C=O) groups is 1. The molecule has 0 saturated heterocycles. The number of benzene rings is 3. The van der Waals surface area contributed by atoms with Crippen LogP contribution in [0.1, 0.15) is 22.8 Å². The number of hydrogen-bond acceptors (Lipinski definition) is 6. The highest BCUT2D eigenvalue weighted by molar-refractivity contribution is 7.87. The van der Waals surface area contributed by atoms with E-state index in [1.165, 1.54) is 18.2 Å². The molecule has 4 rings (SSSR count). The summed E-state index contributed by atoms with van der Waals surface area (Å²) in [5, 5.41) is 0. The number of fused-ring (bicyclic) bond motifs is 1. The quantitative estimate of drug-likeness (QED) is 0.412. The molecule has 0 saturated carbocycles. The maximum Gasteiger partial charge on any atom is 0.339 e. The average Bonchev–Trinajstić information content (AvgIpc) is 3.04. The van der Waals surface area contributed by atoms with E-state index in [-0.39, 0.29) is 33.5 Å². The van der Waals surface area contributed by atoms with Crippen LogP contribution >= 0.6 is 0 Å². The van der Waals surface area contributed by atoms with Gasteiger partial charge in [-0.3, -0.25) is 4.79 Å². The van der Waals surface area contributed by atoms with Gasteiger partial charge in [0.2, 0.25) is 5.78 Å². The van der Waals surface area contributed by atoms with Crippen molar-refractivity contribution in [1.29, 1.82) is 0 Å². The van der Waals surface area contributed by atoms with E-state index in [1.807, 2.05) is 19.1 Å². The lowest BCUT2D eigenvalue weighted by molar-refractivity contribution is 0.101. The molecule has 158 valence electrons. The summed E-state index contributed by atoms with van der Waals surface area (Å²) < 4.78 is 54.2. The Hall–Kier alpha value is -3.65. The van der Waals surface area contributed by atoms with E-state index < -0.39 is 15.9 Å². The first-order chi connectivity index (χ1) is 14.9. The predicted octanol–water partition coefficient (Wildman–Crippen LogP) is 4.61. The Labute approximate surface area is 178 Å². The molecule has 3 aromatic rings. The molecule has 0 atom stereocenters. The second-order valence-corrected chi connectivity index (χ2v) is 8.11. The second-order valence-electron chi connectivity index (χ2n) is 6.56.